The Balaban J connectivity index is 3.54. The molecule has 0 heterocycles. The van der Waals surface area contributed by atoms with E-state index >= 15 is 0 Å². The van der Waals surface area contributed by atoms with Gasteiger partial charge in [-0.3, -0.25) is 0 Å². The number of aliphatic hydroxyl groups excluding tert-OH is 2. The molecule has 3 heteroatoms. The Bertz CT molecular complexity index is 146. The molecule has 0 aromatic carbocycles. The Morgan fingerprint density at radius 1 is 1.00 bits per heavy atom. The molecule has 0 spiro atoms. The fraction of sp³-hybridized carbons (Fsp3) is 0.600. The summed E-state index contributed by atoms with van der Waals surface area (Å²) in [5, 5.41) is 18.1. The highest BCUT2D eigenvalue weighted by molar-refractivity contribution is 4.87. The van der Waals surface area contributed by atoms with Gasteiger partial charge in [0.2, 0.25) is 0 Å². The van der Waals surface area contributed by atoms with Crippen molar-refractivity contribution in [2.24, 2.45) is 0 Å². The van der Waals surface area contributed by atoms with E-state index in [1.54, 1.807) is 12.2 Å². The van der Waals surface area contributed by atoms with Crippen LogP contribution in [-0.2, 0) is 4.74 Å². The van der Waals surface area contributed by atoms with Gasteiger partial charge in [0.25, 0.3) is 0 Å². The summed E-state index contributed by atoms with van der Waals surface area (Å²) in [5.74, 6) is 0. The number of hydrogen-bond acceptors (Lipinski definition) is 3. The van der Waals surface area contributed by atoms with E-state index in [1.165, 1.54) is 12.5 Å². The molecule has 0 radical (unpaired) electrons. The molecule has 13 heavy (non-hydrogen) atoms. The summed E-state index contributed by atoms with van der Waals surface area (Å²) in [7, 11) is 0. The minimum absolute atomic E-state index is 0.454. The van der Waals surface area contributed by atoms with Crippen molar-refractivity contribution >= 4 is 0 Å². The highest BCUT2D eigenvalue weighted by Crippen LogP contribution is 1.94. The van der Waals surface area contributed by atoms with Crippen LogP contribution >= 0.6 is 0 Å². The lowest BCUT2D eigenvalue weighted by atomic mass is 10.3. The Morgan fingerprint density at radius 3 is 1.69 bits per heavy atom. The van der Waals surface area contributed by atoms with E-state index in [1.807, 2.05) is 13.8 Å². The van der Waals surface area contributed by atoms with E-state index < -0.39 is 12.2 Å². The first kappa shape index (κ1) is 12.2. The van der Waals surface area contributed by atoms with E-state index in [2.05, 4.69) is 0 Å². The average Bonchev–Trinajstić information content (AvgIpc) is 2.16. The smallest absolute Gasteiger partial charge is 0.0887 e. The van der Waals surface area contributed by atoms with Gasteiger partial charge in [0.05, 0.1) is 24.7 Å². The Labute approximate surface area is 79.3 Å². The van der Waals surface area contributed by atoms with E-state index in [0.717, 1.165) is 0 Å². The van der Waals surface area contributed by atoms with Gasteiger partial charge < -0.3 is 14.9 Å². The maximum absolute atomic E-state index is 9.07. The summed E-state index contributed by atoms with van der Waals surface area (Å²) in [4.78, 5) is 0. The molecule has 2 N–H and O–H groups in total. The van der Waals surface area contributed by atoms with E-state index in [0.29, 0.717) is 12.8 Å². The highest BCUT2D eigenvalue weighted by Gasteiger charge is 1.92. The van der Waals surface area contributed by atoms with Crippen LogP contribution < -0.4 is 0 Å². The SMILES string of the molecule is CCC(O)C=COC=CC(O)CC. The standard InChI is InChI=1S/C10H18O3/c1-3-9(11)5-7-13-8-6-10(12)4-2/h5-12H,3-4H2,1-2H3. The minimum Gasteiger partial charge on any atom is -0.473 e. The summed E-state index contributed by atoms with van der Waals surface area (Å²) in [6.45, 7) is 3.76. The first-order valence-electron chi connectivity index (χ1n) is 4.55. The highest BCUT2D eigenvalue weighted by atomic mass is 16.5. The number of ether oxygens (including phenoxy) is 1. The maximum Gasteiger partial charge on any atom is 0.0887 e. The van der Waals surface area contributed by atoms with Crippen molar-refractivity contribution in [1.82, 2.24) is 0 Å². The molecule has 0 fully saturated rings. The van der Waals surface area contributed by atoms with Crippen LogP contribution in [0.2, 0.25) is 0 Å². The van der Waals surface area contributed by atoms with E-state index in [4.69, 9.17) is 14.9 Å². The summed E-state index contributed by atoms with van der Waals surface area (Å²) >= 11 is 0. The third-order valence-corrected chi connectivity index (χ3v) is 1.60. The van der Waals surface area contributed by atoms with Gasteiger partial charge in [0.15, 0.2) is 0 Å². The molecule has 76 valence electrons. The third kappa shape index (κ3) is 7.56. The van der Waals surface area contributed by atoms with Crippen LogP contribution in [0, 0.1) is 0 Å². The fourth-order valence-electron chi connectivity index (χ4n) is 0.590. The van der Waals surface area contributed by atoms with Crippen molar-refractivity contribution in [2.75, 3.05) is 0 Å². The van der Waals surface area contributed by atoms with Crippen LogP contribution in [0.4, 0.5) is 0 Å². The first-order valence-corrected chi connectivity index (χ1v) is 4.55. The van der Waals surface area contributed by atoms with Gasteiger partial charge in [-0.05, 0) is 25.0 Å². The van der Waals surface area contributed by atoms with Crippen molar-refractivity contribution in [3.05, 3.63) is 24.7 Å². The number of aliphatic hydroxyl groups is 2. The predicted octanol–water partition coefficient (Wildman–Crippen LogP) is 1.57. The van der Waals surface area contributed by atoms with Gasteiger partial charge in [-0.15, -0.1) is 0 Å². The molecule has 0 aliphatic heterocycles. The summed E-state index contributed by atoms with van der Waals surface area (Å²) < 4.78 is 4.90. The van der Waals surface area contributed by atoms with Crippen LogP contribution in [0.25, 0.3) is 0 Å². The van der Waals surface area contributed by atoms with Crippen LogP contribution in [0.1, 0.15) is 26.7 Å². The van der Waals surface area contributed by atoms with Crippen molar-refractivity contribution < 1.29 is 14.9 Å². The molecule has 0 aliphatic carbocycles. The Hall–Kier alpha value is -0.800. The second-order valence-corrected chi connectivity index (χ2v) is 2.74. The molecular formula is C10H18O3. The number of hydrogen-bond donors (Lipinski definition) is 2. The number of rotatable bonds is 6. The van der Waals surface area contributed by atoms with Crippen molar-refractivity contribution in [2.45, 2.75) is 38.9 Å². The molecule has 0 saturated carbocycles. The van der Waals surface area contributed by atoms with Gasteiger partial charge in [0, 0.05) is 0 Å². The fourth-order valence-corrected chi connectivity index (χ4v) is 0.590. The monoisotopic (exact) mass is 186 g/mol. The molecule has 0 rings (SSSR count). The topological polar surface area (TPSA) is 49.7 Å². The molecule has 0 bridgehead atoms. The maximum atomic E-state index is 9.07. The van der Waals surface area contributed by atoms with Gasteiger partial charge in [-0.2, -0.15) is 0 Å². The lowest BCUT2D eigenvalue weighted by molar-refractivity contribution is 0.211. The zero-order valence-electron chi connectivity index (χ0n) is 8.18. The van der Waals surface area contributed by atoms with Gasteiger partial charge in [-0.1, -0.05) is 13.8 Å². The quantitative estimate of drug-likeness (QED) is 0.619. The van der Waals surface area contributed by atoms with Gasteiger partial charge >= 0.3 is 0 Å². The summed E-state index contributed by atoms with van der Waals surface area (Å²) in [6.07, 6.45) is 6.36. The third-order valence-electron chi connectivity index (χ3n) is 1.60. The van der Waals surface area contributed by atoms with Crippen molar-refractivity contribution in [3.63, 3.8) is 0 Å². The normalized spacial score (nSPS) is 16.6. The lowest BCUT2D eigenvalue weighted by Gasteiger charge is -1.99. The predicted molar refractivity (Wildman–Crippen MR) is 52.0 cm³/mol. The molecule has 0 aromatic heterocycles. The average molecular weight is 186 g/mol. The largest absolute Gasteiger partial charge is 0.473 e. The molecule has 0 aliphatic rings. The van der Waals surface area contributed by atoms with Crippen LogP contribution in [0.15, 0.2) is 24.7 Å². The second-order valence-electron chi connectivity index (χ2n) is 2.74. The molecule has 0 amide bonds. The summed E-state index contributed by atoms with van der Waals surface area (Å²) in [5.41, 5.74) is 0. The Morgan fingerprint density at radius 2 is 1.38 bits per heavy atom. The minimum atomic E-state index is -0.454. The zero-order valence-corrected chi connectivity index (χ0v) is 8.18. The molecule has 0 saturated heterocycles. The molecule has 2 unspecified atom stereocenters. The molecule has 3 nitrogen and oxygen atoms in total. The van der Waals surface area contributed by atoms with Gasteiger partial charge in [-0.25, -0.2) is 0 Å². The van der Waals surface area contributed by atoms with Crippen LogP contribution in [0.3, 0.4) is 0 Å². The molecule has 2 atom stereocenters. The molecular weight excluding hydrogens is 168 g/mol. The summed E-state index contributed by atoms with van der Waals surface area (Å²) in [6, 6.07) is 0. The van der Waals surface area contributed by atoms with Crippen molar-refractivity contribution in [3.8, 4) is 0 Å². The van der Waals surface area contributed by atoms with E-state index in [9.17, 15) is 0 Å². The van der Waals surface area contributed by atoms with E-state index in [-0.39, 0.29) is 0 Å². The second kappa shape index (κ2) is 7.83. The van der Waals surface area contributed by atoms with Crippen LogP contribution in [0.5, 0.6) is 0 Å². The molecule has 0 aromatic rings. The Kier molecular flexibility index (Phi) is 7.35. The lowest BCUT2D eigenvalue weighted by Crippen LogP contribution is -1.99. The van der Waals surface area contributed by atoms with Gasteiger partial charge in [0.1, 0.15) is 0 Å². The zero-order chi connectivity index (χ0) is 10.1. The first-order chi connectivity index (χ1) is 6.20. The van der Waals surface area contributed by atoms with Crippen molar-refractivity contribution in [1.29, 1.82) is 0 Å². The van der Waals surface area contributed by atoms with Crippen LogP contribution in [-0.4, -0.2) is 22.4 Å².